The number of nitrogens with zero attached hydrogens (tertiary/aromatic N) is 2. The van der Waals surface area contributed by atoms with Crippen molar-refractivity contribution < 1.29 is 9.53 Å². The van der Waals surface area contributed by atoms with Crippen molar-refractivity contribution in [1.29, 1.82) is 0 Å². The maximum atomic E-state index is 12.2. The number of carbonyl (C=O) groups excluding carboxylic acids is 1. The van der Waals surface area contributed by atoms with Crippen molar-refractivity contribution in [3.63, 3.8) is 0 Å². The van der Waals surface area contributed by atoms with Crippen LogP contribution in [-0.2, 0) is 4.74 Å². The Labute approximate surface area is 137 Å². The van der Waals surface area contributed by atoms with E-state index in [9.17, 15) is 4.79 Å². The average Bonchev–Trinajstić information content (AvgIpc) is 2.62. The van der Waals surface area contributed by atoms with Crippen LogP contribution in [0.15, 0.2) is 24.5 Å². The summed E-state index contributed by atoms with van der Waals surface area (Å²) in [5, 5.41) is 5.92. The highest BCUT2D eigenvalue weighted by molar-refractivity contribution is 5.89. The minimum atomic E-state index is -0.156. The van der Waals surface area contributed by atoms with Crippen molar-refractivity contribution in [2.75, 3.05) is 38.2 Å². The van der Waals surface area contributed by atoms with E-state index in [1.807, 2.05) is 12.1 Å². The van der Waals surface area contributed by atoms with Crippen LogP contribution in [0.1, 0.15) is 32.1 Å². The van der Waals surface area contributed by atoms with Crippen molar-refractivity contribution in [3.8, 4) is 0 Å². The number of urea groups is 1. The lowest BCUT2D eigenvalue weighted by atomic mass is 9.80. The molecule has 0 spiro atoms. The van der Waals surface area contributed by atoms with Gasteiger partial charge in [0.05, 0.1) is 25.1 Å². The summed E-state index contributed by atoms with van der Waals surface area (Å²) in [5.74, 6) is 0. The molecule has 2 heterocycles. The van der Waals surface area contributed by atoms with E-state index in [0.29, 0.717) is 12.2 Å². The van der Waals surface area contributed by atoms with Gasteiger partial charge in [-0.25, -0.2) is 4.79 Å². The van der Waals surface area contributed by atoms with Gasteiger partial charge in [0.25, 0.3) is 0 Å². The largest absolute Gasteiger partial charge is 0.379 e. The number of hydrogen-bond acceptors (Lipinski definition) is 4. The van der Waals surface area contributed by atoms with Gasteiger partial charge in [-0.3, -0.25) is 9.88 Å². The first-order valence-corrected chi connectivity index (χ1v) is 8.56. The molecule has 3 rings (SSSR count). The Morgan fingerprint density at radius 1 is 1.26 bits per heavy atom. The van der Waals surface area contributed by atoms with Crippen LogP contribution in [0.25, 0.3) is 0 Å². The second-order valence-electron chi connectivity index (χ2n) is 6.43. The van der Waals surface area contributed by atoms with Gasteiger partial charge < -0.3 is 15.4 Å². The standard InChI is InChI=1S/C17H26N4O2/c22-16(20-15-5-4-8-18-13-15)19-14-17(6-2-1-3-7-17)21-9-11-23-12-10-21/h4-5,8,13H,1-3,6-7,9-12,14H2,(H2,19,20,22). The molecule has 0 unspecified atom stereocenters. The molecule has 1 saturated carbocycles. The Morgan fingerprint density at radius 3 is 2.74 bits per heavy atom. The minimum absolute atomic E-state index is 0.0916. The van der Waals surface area contributed by atoms with Crippen LogP contribution in [0.4, 0.5) is 10.5 Å². The van der Waals surface area contributed by atoms with E-state index in [1.165, 1.54) is 19.3 Å². The van der Waals surface area contributed by atoms with Crippen molar-refractivity contribution in [2.45, 2.75) is 37.6 Å². The first-order valence-electron chi connectivity index (χ1n) is 8.56. The van der Waals surface area contributed by atoms with Crippen LogP contribution in [0.5, 0.6) is 0 Å². The van der Waals surface area contributed by atoms with Gasteiger partial charge in [0.15, 0.2) is 0 Å². The molecule has 2 fully saturated rings. The smallest absolute Gasteiger partial charge is 0.319 e. The second-order valence-corrected chi connectivity index (χ2v) is 6.43. The maximum Gasteiger partial charge on any atom is 0.319 e. The molecule has 0 atom stereocenters. The molecule has 6 nitrogen and oxygen atoms in total. The van der Waals surface area contributed by atoms with Crippen LogP contribution in [-0.4, -0.2) is 54.3 Å². The summed E-state index contributed by atoms with van der Waals surface area (Å²) in [5.41, 5.74) is 0.808. The highest BCUT2D eigenvalue weighted by Gasteiger charge is 2.38. The maximum absolute atomic E-state index is 12.2. The van der Waals surface area contributed by atoms with Crippen LogP contribution in [0.2, 0.25) is 0 Å². The SMILES string of the molecule is O=C(NCC1(N2CCOCC2)CCCCC1)Nc1cccnc1. The molecular formula is C17H26N4O2. The van der Waals surface area contributed by atoms with Gasteiger partial charge in [-0.1, -0.05) is 19.3 Å². The van der Waals surface area contributed by atoms with Crippen molar-refractivity contribution in [1.82, 2.24) is 15.2 Å². The first kappa shape index (κ1) is 16.2. The fourth-order valence-corrected chi connectivity index (χ4v) is 3.71. The average molecular weight is 318 g/mol. The van der Waals surface area contributed by atoms with E-state index in [0.717, 1.165) is 39.1 Å². The summed E-state index contributed by atoms with van der Waals surface area (Å²) in [6.07, 6.45) is 9.43. The molecule has 1 aromatic rings. The van der Waals surface area contributed by atoms with E-state index in [-0.39, 0.29) is 11.6 Å². The quantitative estimate of drug-likeness (QED) is 0.893. The Kier molecular flexibility index (Phi) is 5.46. The van der Waals surface area contributed by atoms with Gasteiger partial charge in [0, 0.05) is 31.4 Å². The predicted octanol–water partition coefficient (Wildman–Crippen LogP) is 2.24. The van der Waals surface area contributed by atoms with Gasteiger partial charge in [0.2, 0.25) is 0 Å². The summed E-state index contributed by atoms with van der Waals surface area (Å²) in [6, 6.07) is 3.49. The Bertz CT molecular complexity index is 497. The van der Waals surface area contributed by atoms with E-state index in [2.05, 4.69) is 20.5 Å². The Balaban J connectivity index is 1.58. The van der Waals surface area contributed by atoms with E-state index in [1.54, 1.807) is 12.4 Å². The summed E-state index contributed by atoms with van der Waals surface area (Å²) in [4.78, 5) is 18.7. The van der Waals surface area contributed by atoms with Crippen LogP contribution in [0.3, 0.4) is 0 Å². The Hall–Kier alpha value is -1.66. The molecular weight excluding hydrogens is 292 g/mol. The third kappa shape index (κ3) is 4.20. The molecule has 126 valence electrons. The fourth-order valence-electron chi connectivity index (χ4n) is 3.71. The van der Waals surface area contributed by atoms with Crippen molar-refractivity contribution in [2.24, 2.45) is 0 Å². The minimum Gasteiger partial charge on any atom is -0.379 e. The van der Waals surface area contributed by atoms with Crippen molar-refractivity contribution >= 4 is 11.7 Å². The molecule has 2 amide bonds. The van der Waals surface area contributed by atoms with Gasteiger partial charge in [-0.2, -0.15) is 0 Å². The highest BCUT2D eigenvalue weighted by atomic mass is 16.5. The molecule has 2 aliphatic rings. The Morgan fingerprint density at radius 2 is 2.04 bits per heavy atom. The van der Waals surface area contributed by atoms with E-state index in [4.69, 9.17) is 4.74 Å². The normalized spacial score (nSPS) is 21.6. The number of pyridine rings is 1. The van der Waals surface area contributed by atoms with Crippen LogP contribution >= 0.6 is 0 Å². The fraction of sp³-hybridized carbons (Fsp3) is 0.647. The van der Waals surface area contributed by atoms with Crippen LogP contribution < -0.4 is 10.6 Å². The molecule has 1 saturated heterocycles. The molecule has 23 heavy (non-hydrogen) atoms. The monoisotopic (exact) mass is 318 g/mol. The number of rotatable bonds is 4. The molecule has 1 aliphatic heterocycles. The van der Waals surface area contributed by atoms with Gasteiger partial charge in [-0.05, 0) is 25.0 Å². The lowest BCUT2D eigenvalue weighted by molar-refractivity contribution is -0.0356. The number of amides is 2. The summed E-state index contributed by atoms with van der Waals surface area (Å²) < 4.78 is 5.49. The zero-order chi connectivity index (χ0) is 16.0. The number of morpholine rings is 1. The number of ether oxygens (including phenoxy) is 1. The van der Waals surface area contributed by atoms with Gasteiger partial charge >= 0.3 is 6.03 Å². The lowest BCUT2D eigenvalue weighted by Gasteiger charge is -2.48. The van der Waals surface area contributed by atoms with Gasteiger partial charge in [-0.15, -0.1) is 0 Å². The highest BCUT2D eigenvalue weighted by Crippen LogP contribution is 2.33. The number of aromatic nitrogens is 1. The van der Waals surface area contributed by atoms with Gasteiger partial charge in [0.1, 0.15) is 0 Å². The molecule has 0 radical (unpaired) electrons. The molecule has 1 aliphatic carbocycles. The van der Waals surface area contributed by atoms with Crippen molar-refractivity contribution in [3.05, 3.63) is 24.5 Å². The molecule has 2 N–H and O–H groups in total. The molecule has 0 bridgehead atoms. The third-order valence-electron chi connectivity index (χ3n) is 4.96. The summed E-state index contributed by atoms with van der Waals surface area (Å²) >= 11 is 0. The van der Waals surface area contributed by atoms with E-state index < -0.39 is 0 Å². The first-order chi connectivity index (χ1) is 11.3. The zero-order valence-corrected chi connectivity index (χ0v) is 13.6. The summed E-state index contributed by atoms with van der Waals surface area (Å²) in [7, 11) is 0. The number of anilines is 1. The second kappa shape index (κ2) is 7.75. The topological polar surface area (TPSA) is 66.5 Å². The lowest BCUT2D eigenvalue weighted by Crippen LogP contribution is -2.60. The summed E-state index contributed by atoms with van der Waals surface area (Å²) in [6.45, 7) is 4.21. The predicted molar refractivity (Wildman–Crippen MR) is 89.5 cm³/mol. The zero-order valence-electron chi connectivity index (χ0n) is 13.6. The number of carbonyl (C=O) groups is 1. The molecule has 6 heteroatoms. The number of nitrogens with one attached hydrogen (secondary N) is 2. The van der Waals surface area contributed by atoms with E-state index >= 15 is 0 Å². The molecule has 0 aromatic carbocycles. The van der Waals surface area contributed by atoms with Crippen LogP contribution in [0, 0.1) is 0 Å². The molecule has 1 aromatic heterocycles. The number of hydrogen-bond donors (Lipinski definition) is 2. The third-order valence-corrected chi connectivity index (χ3v) is 4.96.